The molecule has 0 aromatic carbocycles. The highest BCUT2D eigenvalue weighted by atomic mass is 16.5. The van der Waals surface area contributed by atoms with E-state index in [-0.39, 0.29) is 5.88 Å². The summed E-state index contributed by atoms with van der Waals surface area (Å²) >= 11 is 0. The molecule has 0 atom stereocenters. The third-order valence-corrected chi connectivity index (χ3v) is 2.15. The van der Waals surface area contributed by atoms with Crippen molar-refractivity contribution < 1.29 is 9.26 Å². The summed E-state index contributed by atoms with van der Waals surface area (Å²) in [5, 5.41) is 8.07. The Morgan fingerprint density at radius 1 is 1.53 bits per heavy atom. The van der Waals surface area contributed by atoms with Gasteiger partial charge in [-0.2, -0.15) is 5.10 Å². The van der Waals surface area contributed by atoms with Gasteiger partial charge in [-0.15, -0.1) is 0 Å². The van der Waals surface area contributed by atoms with Gasteiger partial charge in [-0.25, -0.2) is 4.68 Å². The van der Waals surface area contributed by atoms with Gasteiger partial charge in [0, 0.05) is 13.1 Å². The molecule has 2 rings (SSSR count). The van der Waals surface area contributed by atoms with E-state index in [4.69, 9.17) is 15.0 Å². The number of aryl methyl sites for hydroxylation is 2. The Morgan fingerprint density at radius 2 is 2.27 bits per heavy atom. The number of rotatable bonds is 2. The van der Waals surface area contributed by atoms with Crippen LogP contribution in [0.4, 0.5) is 5.88 Å². The van der Waals surface area contributed by atoms with Gasteiger partial charge in [0.2, 0.25) is 11.8 Å². The molecule has 0 unspecified atom stereocenters. The summed E-state index contributed by atoms with van der Waals surface area (Å²) in [6.45, 7) is 1.88. The summed E-state index contributed by atoms with van der Waals surface area (Å²) in [6.07, 6.45) is 0. The van der Waals surface area contributed by atoms with Gasteiger partial charge in [0.25, 0.3) is 0 Å². The van der Waals surface area contributed by atoms with Crippen molar-refractivity contribution in [2.75, 3.05) is 12.8 Å². The maximum absolute atomic E-state index is 5.47. The molecule has 0 aliphatic heterocycles. The van der Waals surface area contributed by atoms with Crippen LogP contribution in [0.15, 0.2) is 10.6 Å². The molecule has 15 heavy (non-hydrogen) atoms. The lowest BCUT2D eigenvalue weighted by molar-refractivity contribution is 0.374. The molecule has 0 spiro atoms. The number of nitrogens with two attached hydrogens (primary N) is 1. The number of ether oxygens (including phenoxy) is 1. The van der Waals surface area contributed by atoms with Crippen LogP contribution in [0.5, 0.6) is 5.88 Å². The smallest absolute Gasteiger partial charge is 0.222 e. The number of methoxy groups -OCH3 is 1. The molecule has 6 heteroatoms. The Bertz CT molecular complexity index is 486. The summed E-state index contributed by atoms with van der Waals surface area (Å²) in [5.74, 6) is 0.913. The van der Waals surface area contributed by atoms with E-state index in [0.29, 0.717) is 11.6 Å². The molecular formula is C9H12N4O2. The van der Waals surface area contributed by atoms with Crippen molar-refractivity contribution in [3.05, 3.63) is 11.8 Å². The fourth-order valence-electron chi connectivity index (χ4n) is 1.57. The lowest BCUT2D eigenvalue weighted by Gasteiger charge is -2.00. The van der Waals surface area contributed by atoms with Gasteiger partial charge in [-0.1, -0.05) is 5.16 Å². The van der Waals surface area contributed by atoms with Crippen LogP contribution in [0.2, 0.25) is 0 Å². The van der Waals surface area contributed by atoms with Crippen LogP contribution in [0.1, 0.15) is 5.69 Å². The molecule has 0 bridgehead atoms. The average Bonchev–Trinajstić information content (AvgIpc) is 2.70. The topological polar surface area (TPSA) is 79.1 Å². The number of hydrogen-bond acceptors (Lipinski definition) is 5. The molecule has 0 radical (unpaired) electrons. The normalized spacial score (nSPS) is 10.6. The second kappa shape index (κ2) is 3.30. The molecule has 6 nitrogen and oxygen atoms in total. The van der Waals surface area contributed by atoms with Gasteiger partial charge in [0.05, 0.1) is 18.4 Å². The first-order chi connectivity index (χ1) is 7.13. The third kappa shape index (κ3) is 1.43. The zero-order valence-electron chi connectivity index (χ0n) is 8.81. The van der Waals surface area contributed by atoms with Gasteiger partial charge >= 0.3 is 0 Å². The summed E-state index contributed by atoms with van der Waals surface area (Å²) in [7, 11) is 3.39. The van der Waals surface area contributed by atoms with E-state index in [1.54, 1.807) is 24.9 Å². The van der Waals surface area contributed by atoms with Crippen LogP contribution < -0.4 is 10.5 Å². The summed E-state index contributed by atoms with van der Waals surface area (Å²) in [5.41, 5.74) is 7.73. The van der Waals surface area contributed by atoms with Gasteiger partial charge in [-0.3, -0.25) is 0 Å². The number of nitrogens with zero attached hydrogens (tertiary/aromatic N) is 3. The highest BCUT2D eigenvalue weighted by Gasteiger charge is 2.18. The second-order valence-corrected chi connectivity index (χ2v) is 3.21. The number of anilines is 1. The first-order valence-electron chi connectivity index (χ1n) is 4.43. The summed E-state index contributed by atoms with van der Waals surface area (Å²) < 4.78 is 11.7. The Kier molecular flexibility index (Phi) is 2.11. The maximum atomic E-state index is 5.47. The second-order valence-electron chi connectivity index (χ2n) is 3.21. The molecule has 0 amide bonds. The van der Waals surface area contributed by atoms with Crippen LogP contribution in [-0.4, -0.2) is 22.0 Å². The quantitative estimate of drug-likeness (QED) is 0.795. The maximum Gasteiger partial charge on any atom is 0.222 e. The minimum atomic E-state index is 0.273. The molecule has 2 aromatic rings. The van der Waals surface area contributed by atoms with Gasteiger partial charge in [-0.05, 0) is 6.92 Å². The summed E-state index contributed by atoms with van der Waals surface area (Å²) in [4.78, 5) is 0. The molecular weight excluding hydrogens is 196 g/mol. The van der Waals surface area contributed by atoms with Crippen molar-refractivity contribution in [3.63, 3.8) is 0 Å². The Labute approximate surface area is 86.6 Å². The zero-order valence-corrected chi connectivity index (χ0v) is 8.81. The third-order valence-electron chi connectivity index (χ3n) is 2.15. The lowest BCUT2D eigenvalue weighted by atomic mass is 10.2. The molecule has 2 heterocycles. The fraction of sp³-hybridized carbons (Fsp3) is 0.333. The van der Waals surface area contributed by atoms with Crippen LogP contribution in [0.3, 0.4) is 0 Å². The van der Waals surface area contributed by atoms with Crippen LogP contribution in [0, 0.1) is 6.92 Å². The molecule has 0 saturated heterocycles. The zero-order chi connectivity index (χ0) is 11.0. The van der Waals surface area contributed by atoms with Gasteiger partial charge in [0.15, 0.2) is 0 Å². The van der Waals surface area contributed by atoms with Crippen molar-refractivity contribution >= 4 is 5.88 Å². The minimum Gasteiger partial charge on any atom is -0.481 e. The average molecular weight is 208 g/mol. The van der Waals surface area contributed by atoms with Gasteiger partial charge < -0.3 is 15.0 Å². The largest absolute Gasteiger partial charge is 0.481 e. The van der Waals surface area contributed by atoms with Crippen LogP contribution >= 0.6 is 0 Å². The number of hydrogen-bond donors (Lipinski definition) is 1. The van der Waals surface area contributed by atoms with Crippen molar-refractivity contribution in [1.29, 1.82) is 0 Å². The van der Waals surface area contributed by atoms with E-state index in [1.807, 2.05) is 6.92 Å². The molecule has 0 aliphatic rings. The van der Waals surface area contributed by atoms with E-state index in [2.05, 4.69) is 10.3 Å². The summed E-state index contributed by atoms with van der Waals surface area (Å²) in [6, 6.07) is 1.65. The van der Waals surface area contributed by atoms with E-state index in [9.17, 15) is 0 Å². The van der Waals surface area contributed by atoms with Crippen LogP contribution in [0.25, 0.3) is 11.3 Å². The minimum absolute atomic E-state index is 0.273. The molecule has 2 N–H and O–H groups in total. The van der Waals surface area contributed by atoms with Crippen molar-refractivity contribution in [2.45, 2.75) is 6.92 Å². The molecule has 0 saturated carbocycles. The van der Waals surface area contributed by atoms with E-state index < -0.39 is 0 Å². The number of nitrogen functional groups attached to an aromatic ring is 1. The van der Waals surface area contributed by atoms with Gasteiger partial charge in [0.1, 0.15) is 5.69 Å². The van der Waals surface area contributed by atoms with Crippen molar-refractivity contribution in [1.82, 2.24) is 14.9 Å². The molecule has 2 aromatic heterocycles. The highest BCUT2D eigenvalue weighted by Crippen LogP contribution is 2.32. The van der Waals surface area contributed by atoms with E-state index in [0.717, 1.165) is 11.3 Å². The molecule has 0 aliphatic carbocycles. The first kappa shape index (κ1) is 9.57. The standard InChI is InChI=1S/C9H12N4O2/c1-5-8(6-4-7(10)15-12-6)9(14-3)13(2)11-5/h4H,10H2,1-3H3. The first-order valence-corrected chi connectivity index (χ1v) is 4.43. The van der Waals surface area contributed by atoms with E-state index in [1.165, 1.54) is 0 Å². The van der Waals surface area contributed by atoms with Crippen LogP contribution in [-0.2, 0) is 7.05 Å². The Morgan fingerprint density at radius 3 is 2.80 bits per heavy atom. The number of aromatic nitrogens is 3. The fourth-order valence-corrected chi connectivity index (χ4v) is 1.57. The molecule has 0 fully saturated rings. The monoisotopic (exact) mass is 208 g/mol. The predicted octanol–water partition coefficient (Wildman–Crippen LogP) is 0.974. The predicted molar refractivity (Wildman–Crippen MR) is 54.4 cm³/mol. The SMILES string of the molecule is COc1c(-c2cc(N)on2)c(C)nn1C. The molecule has 80 valence electrons. The van der Waals surface area contributed by atoms with Crippen molar-refractivity contribution in [3.8, 4) is 17.1 Å². The van der Waals surface area contributed by atoms with Crippen molar-refractivity contribution in [2.24, 2.45) is 7.05 Å². The Hall–Kier alpha value is -1.98. The Balaban J connectivity index is 2.61. The van der Waals surface area contributed by atoms with E-state index >= 15 is 0 Å². The lowest BCUT2D eigenvalue weighted by Crippen LogP contribution is -1.95. The highest BCUT2D eigenvalue weighted by molar-refractivity contribution is 5.69.